The van der Waals surface area contributed by atoms with Gasteiger partial charge in [-0.3, -0.25) is 9.97 Å². The van der Waals surface area contributed by atoms with Gasteiger partial charge in [-0.15, -0.1) is 12.4 Å². The first-order chi connectivity index (χ1) is 7.43. The Morgan fingerprint density at radius 1 is 0.875 bits per heavy atom. The summed E-state index contributed by atoms with van der Waals surface area (Å²) in [5.74, 6) is 0. The van der Waals surface area contributed by atoms with E-state index >= 15 is 0 Å². The predicted octanol–water partition coefficient (Wildman–Crippen LogP) is 1.74. The molecule has 1 aromatic carbocycles. The van der Waals surface area contributed by atoms with Crippen molar-refractivity contribution in [1.29, 1.82) is 0 Å². The molecule has 84 valence electrons. The highest BCUT2D eigenvalue weighted by atomic mass is 35.5. The molecule has 0 saturated heterocycles. The average Bonchev–Trinajstić information content (AvgIpc) is 2.50. The van der Waals surface area contributed by atoms with E-state index in [9.17, 15) is 0 Å². The van der Waals surface area contributed by atoms with E-state index in [-0.39, 0.29) is 12.4 Å². The van der Waals surface area contributed by atoms with Gasteiger partial charge >= 0.3 is 0 Å². The molecule has 1 aliphatic rings. The highest BCUT2D eigenvalue weighted by Crippen LogP contribution is 2.18. The van der Waals surface area contributed by atoms with Gasteiger partial charge in [0.1, 0.15) is 0 Å². The zero-order valence-electron chi connectivity index (χ0n) is 8.94. The summed E-state index contributed by atoms with van der Waals surface area (Å²) < 4.78 is 0. The normalized spacial score (nSPS) is 15.0. The van der Waals surface area contributed by atoms with Gasteiger partial charge in [0.2, 0.25) is 0 Å². The molecule has 0 saturated carbocycles. The van der Waals surface area contributed by atoms with Crippen LogP contribution in [-0.2, 0) is 12.8 Å². The smallest absolute Gasteiger partial charge is 0.0889 e. The molecule has 3 nitrogen and oxygen atoms in total. The van der Waals surface area contributed by atoms with Gasteiger partial charge in [-0.2, -0.15) is 0 Å². The Kier molecular flexibility index (Phi) is 3.36. The van der Waals surface area contributed by atoms with Crippen LogP contribution in [0, 0.1) is 0 Å². The molecule has 0 unspecified atom stereocenters. The van der Waals surface area contributed by atoms with Crippen molar-refractivity contribution in [2.45, 2.75) is 12.8 Å². The summed E-state index contributed by atoms with van der Waals surface area (Å²) in [6, 6.07) is 4.37. The summed E-state index contributed by atoms with van der Waals surface area (Å²) in [5, 5.41) is 3.41. The van der Waals surface area contributed by atoms with Crippen LogP contribution >= 0.6 is 12.4 Å². The molecule has 2 heterocycles. The number of fused-ring (bicyclic) bond motifs is 2. The second-order valence-corrected chi connectivity index (χ2v) is 3.92. The lowest BCUT2D eigenvalue weighted by molar-refractivity contribution is 0.711. The molecule has 4 heteroatoms. The van der Waals surface area contributed by atoms with E-state index in [0.29, 0.717) is 0 Å². The van der Waals surface area contributed by atoms with Gasteiger partial charge in [0.05, 0.1) is 11.0 Å². The van der Waals surface area contributed by atoms with Gasteiger partial charge in [-0.25, -0.2) is 0 Å². The predicted molar refractivity (Wildman–Crippen MR) is 67.1 cm³/mol. The number of hydrogen-bond donors (Lipinski definition) is 1. The second kappa shape index (κ2) is 4.76. The van der Waals surface area contributed by atoms with Crippen LogP contribution in [-0.4, -0.2) is 23.1 Å². The fourth-order valence-corrected chi connectivity index (χ4v) is 2.13. The van der Waals surface area contributed by atoms with E-state index in [1.165, 1.54) is 11.1 Å². The molecule has 1 N–H and O–H groups in total. The van der Waals surface area contributed by atoms with E-state index in [0.717, 1.165) is 37.0 Å². The molecule has 1 aliphatic heterocycles. The number of aromatic nitrogens is 2. The Labute approximate surface area is 101 Å². The van der Waals surface area contributed by atoms with Crippen LogP contribution in [0.25, 0.3) is 11.0 Å². The molecule has 0 radical (unpaired) electrons. The first-order valence-electron chi connectivity index (χ1n) is 5.37. The standard InChI is InChI=1S/C12H13N3.ClH/c1-3-13-4-2-10-8-12-11(7-9(1)10)14-5-6-15-12;/h5-8,13H,1-4H2;1H. The van der Waals surface area contributed by atoms with Crippen molar-refractivity contribution >= 4 is 23.4 Å². The molecule has 0 fully saturated rings. The van der Waals surface area contributed by atoms with Crippen LogP contribution in [0.15, 0.2) is 24.5 Å². The minimum Gasteiger partial charge on any atom is -0.316 e. The number of benzene rings is 1. The first-order valence-corrected chi connectivity index (χ1v) is 5.37. The van der Waals surface area contributed by atoms with Crippen LogP contribution < -0.4 is 5.32 Å². The molecule has 1 aromatic heterocycles. The average molecular weight is 236 g/mol. The van der Waals surface area contributed by atoms with Gasteiger partial charge < -0.3 is 5.32 Å². The van der Waals surface area contributed by atoms with Crippen molar-refractivity contribution < 1.29 is 0 Å². The van der Waals surface area contributed by atoms with Gasteiger partial charge in [0.15, 0.2) is 0 Å². The molecule has 0 spiro atoms. The molecule has 2 aromatic rings. The zero-order chi connectivity index (χ0) is 10.1. The number of rotatable bonds is 0. The topological polar surface area (TPSA) is 37.8 Å². The maximum atomic E-state index is 4.34. The maximum Gasteiger partial charge on any atom is 0.0889 e. The van der Waals surface area contributed by atoms with E-state index < -0.39 is 0 Å². The Hall–Kier alpha value is -1.19. The minimum atomic E-state index is 0. The van der Waals surface area contributed by atoms with Crippen LogP contribution in [0.1, 0.15) is 11.1 Å². The van der Waals surface area contributed by atoms with E-state index in [2.05, 4.69) is 27.4 Å². The number of nitrogens with one attached hydrogen (secondary N) is 1. The molecule has 0 amide bonds. The Bertz CT molecular complexity index is 454. The van der Waals surface area contributed by atoms with Gasteiger partial charge in [0.25, 0.3) is 0 Å². The third kappa shape index (κ3) is 2.01. The van der Waals surface area contributed by atoms with E-state index in [1.807, 2.05) is 0 Å². The molecular weight excluding hydrogens is 222 g/mol. The summed E-state index contributed by atoms with van der Waals surface area (Å²) in [6.07, 6.45) is 5.71. The van der Waals surface area contributed by atoms with Crippen molar-refractivity contribution in [1.82, 2.24) is 15.3 Å². The van der Waals surface area contributed by atoms with Gasteiger partial charge in [0, 0.05) is 12.4 Å². The third-order valence-electron chi connectivity index (χ3n) is 2.93. The van der Waals surface area contributed by atoms with Crippen LogP contribution in [0.4, 0.5) is 0 Å². The van der Waals surface area contributed by atoms with E-state index in [1.54, 1.807) is 12.4 Å². The lowest BCUT2D eigenvalue weighted by Crippen LogP contribution is -2.16. The first kappa shape index (κ1) is 11.3. The number of halogens is 1. The Morgan fingerprint density at radius 3 is 1.88 bits per heavy atom. The lowest BCUT2D eigenvalue weighted by Gasteiger charge is -2.05. The van der Waals surface area contributed by atoms with Crippen molar-refractivity contribution in [3.63, 3.8) is 0 Å². The summed E-state index contributed by atoms with van der Waals surface area (Å²) in [6.45, 7) is 2.14. The van der Waals surface area contributed by atoms with Crippen molar-refractivity contribution in [3.05, 3.63) is 35.7 Å². The number of hydrogen-bond acceptors (Lipinski definition) is 3. The van der Waals surface area contributed by atoms with Crippen LogP contribution in [0.3, 0.4) is 0 Å². The largest absolute Gasteiger partial charge is 0.316 e. The van der Waals surface area contributed by atoms with Crippen LogP contribution in [0.5, 0.6) is 0 Å². The van der Waals surface area contributed by atoms with Gasteiger partial charge in [-0.05, 0) is 49.2 Å². The quantitative estimate of drug-likeness (QED) is 0.756. The molecule has 16 heavy (non-hydrogen) atoms. The van der Waals surface area contributed by atoms with E-state index in [4.69, 9.17) is 0 Å². The number of nitrogens with zero attached hydrogens (tertiary/aromatic N) is 2. The Balaban J connectivity index is 0.000000963. The van der Waals surface area contributed by atoms with Crippen LogP contribution in [0.2, 0.25) is 0 Å². The van der Waals surface area contributed by atoms with Crippen molar-refractivity contribution in [2.75, 3.05) is 13.1 Å². The zero-order valence-corrected chi connectivity index (χ0v) is 9.76. The van der Waals surface area contributed by atoms with Crippen molar-refractivity contribution in [2.24, 2.45) is 0 Å². The van der Waals surface area contributed by atoms with Crippen molar-refractivity contribution in [3.8, 4) is 0 Å². The molecule has 0 aliphatic carbocycles. The third-order valence-corrected chi connectivity index (χ3v) is 2.93. The summed E-state index contributed by atoms with van der Waals surface area (Å²) in [4.78, 5) is 8.67. The highest BCUT2D eigenvalue weighted by Gasteiger charge is 2.09. The summed E-state index contributed by atoms with van der Waals surface area (Å²) >= 11 is 0. The fourth-order valence-electron chi connectivity index (χ4n) is 2.13. The highest BCUT2D eigenvalue weighted by molar-refractivity contribution is 5.85. The Morgan fingerprint density at radius 2 is 1.38 bits per heavy atom. The minimum absolute atomic E-state index is 0. The maximum absolute atomic E-state index is 4.34. The SMILES string of the molecule is Cl.c1cnc2cc3c(cc2n1)CCNCC3. The molecular formula is C12H14ClN3. The lowest BCUT2D eigenvalue weighted by atomic mass is 10.0. The molecule has 0 atom stereocenters. The van der Waals surface area contributed by atoms with Gasteiger partial charge in [-0.1, -0.05) is 0 Å². The second-order valence-electron chi connectivity index (χ2n) is 3.92. The summed E-state index contributed by atoms with van der Waals surface area (Å²) in [7, 11) is 0. The summed E-state index contributed by atoms with van der Waals surface area (Å²) in [5.41, 5.74) is 4.87. The molecule has 3 rings (SSSR count). The molecule has 0 bridgehead atoms. The monoisotopic (exact) mass is 235 g/mol. The fraction of sp³-hybridized carbons (Fsp3) is 0.333.